The number of aliphatic hydroxyl groups excluding tert-OH is 1. The maximum atomic E-state index is 11.3. The highest BCUT2D eigenvalue weighted by Gasteiger charge is 2.14. The Morgan fingerprint density at radius 3 is 2.74 bits per heavy atom. The van der Waals surface area contributed by atoms with Crippen LogP contribution in [-0.2, 0) is 0 Å². The maximum absolute atomic E-state index is 11.3. The van der Waals surface area contributed by atoms with E-state index in [1.165, 1.54) is 6.07 Å². The third-order valence-electron chi connectivity index (χ3n) is 2.86. The molecule has 0 radical (unpaired) electrons. The van der Waals surface area contributed by atoms with Crippen molar-refractivity contribution in [3.63, 3.8) is 0 Å². The highest BCUT2D eigenvalue weighted by Crippen LogP contribution is 2.22. The van der Waals surface area contributed by atoms with Gasteiger partial charge in [-0.25, -0.2) is 9.78 Å². The Morgan fingerprint density at radius 1 is 1.42 bits per heavy atom. The highest BCUT2D eigenvalue weighted by atomic mass is 16.4. The molecular formula is C14H16N2O3. The minimum Gasteiger partial charge on any atom is -0.478 e. The molecular weight excluding hydrogens is 244 g/mol. The molecule has 0 saturated heterocycles. The summed E-state index contributed by atoms with van der Waals surface area (Å²) >= 11 is 0. The number of fused-ring (bicyclic) bond motifs is 1. The first-order valence-electron chi connectivity index (χ1n) is 6.01. The zero-order valence-electron chi connectivity index (χ0n) is 10.9. The molecule has 0 saturated carbocycles. The van der Waals surface area contributed by atoms with Crippen LogP contribution in [0.3, 0.4) is 0 Å². The fourth-order valence-corrected chi connectivity index (χ4v) is 2.02. The third-order valence-corrected chi connectivity index (χ3v) is 2.86. The second kappa shape index (κ2) is 5.24. The quantitative estimate of drug-likeness (QED) is 0.876. The van der Waals surface area contributed by atoms with Gasteiger partial charge in [0.2, 0.25) is 0 Å². The minimum atomic E-state index is -0.981. The van der Waals surface area contributed by atoms with Gasteiger partial charge in [0.05, 0.1) is 17.2 Å². The molecule has 2 N–H and O–H groups in total. The van der Waals surface area contributed by atoms with Crippen LogP contribution in [0.5, 0.6) is 0 Å². The van der Waals surface area contributed by atoms with Crippen LogP contribution >= 0.6 is 0 Å². The smallest absolute Gasteiger partial charge is 0.336 e. The van der Waals surface area contributed by atoms with Crippen LogP contribution in [0.4, 0.5) is 5.82 Å². The van der Waals surface area contributed by atoms with Crippen LogP contribution in [-0.4, -0.2) is 40.9 Å². The first kappa shape index (κ1) is 13.3. The molecule has 19 heavy (non-hydrogen) atoms. The second-order valence-corrected chi connectivity index (χ2v) is 4.58. The van der Waals surface area contributed by atoms with Crippen molar-refractivity contribution in [2.75, 3.05) is 18.5 Å². The topological polar surface area (TPSA) is 73.7 Å². The monoisotopic (exact) mass is 260 g/mol. The molecule has 0 amide bonds. The van der Waals surface area contributed by atoms with Gasteiger partial charge < -0.3 is 15.1 Å². The molecule has 2 aromatic rings. The fourth-order valence-electron chi connectivity index (χ4n) is 2.02. The zero-order chi connectivity index (χ0) is 14.0. The van der Waals surface area contributed by atoms with Crippen molar-refractivity contribution in [1.29, 1.82) is 0 Å². The van der Waals surface area contributed by atoms with Crippen LogP contribution in [0.25, 0.3) is 10.9 Å². The number of hydrogen-bond acceptors (Lipinski definition) is 4. The summed E-state index contributed by atoms with van der Waals surface area (Å²) in [5, 5.41) is 19.3. The number of carbonyl (C=O) groups is 1. The Kier molecular flexibility index (Phi) is 3.66. The number of likely N-dealkylation sites (N-methyl/N-ethyl adjacent to an activating group) is 1. The van der Waals surface area contributed by atoms with E-state index in [1.807, 2.05) is 6.07 Å². The predicted molar refractivity (Wildman–Crippen MR) is 73.7 cm³/mol. The van der Waals surface area contributed by atoms with E-state index in [4.69, 9.17) is 0 Å². The van der Waals surface area contributed by atoms with Gasteiger partial charge in [0, 0.05) is 19.0 Å². The number of anilines is 1. The number of aromatic carboxylic acids is 1. The Bertz CT molecular complexity index is 611. The number of nitrogens with zero attached hydrogens (tertiary/aromatic N) is 2. The summed E-state index contributed by atoms with van der Waals surface area (Å²) < 4.78 is 0. The molecule has 0 bridgehead atoms. The van der Waals surface area contributed by atoms with E-state index in [0.717, 1.165) is 0 Å². The zero-order valence-corrected chi connectivity index (χ0v) is 10.9. The van der Waals surface area contributed by atoms with Crippen LogP contribution in [0.15, 0.2) is 30.3 Å². The van der Waals surface area contributed by atoms with Crippen LogP contribution in [0.2, 0.25) is 0 Å². The lowest BCUT2D eigenvalue weighted by Crippen LogP contribution is -2.27. The molecule has 0 aliphatic carbocycles. The number of aromatic nitrogens is 1. The third kappa shape index (κ3) is 2.82. The Hall–Kier alpha value is -2.14. The molecule has 5 heteroatoms. The van der Waals surface area contributed by atoms with Crippen molar-refractivity contribution in [2.24, 2.45) is 0 Å². The molecule has 1 atom stereocenters. The summed E-state index contributed by atoms with van der Waals surface area (Å²) in [5.74, 6) is -0.442. The normalized spacial score (nSPS) is 12.4. The van der Waals surface area contributed by atoms with Gasteiger partial charge in [0.25, 0.3) is 0 Å². The van der Waals surface area contributed by atoms with E-state index in [0.29, 0.717) is 23.3 Å². The lowest BCUT2D eigenvalue weighted by molar-refractivity contribution is 0.0699. The first-order valence-corrected chi connectivity index (χ1v) is 6.01. The molecule has 0 aliphatic rings. The molecule has 5 nitrogen and oxygen atoms in total. The molecule has 0 fully saturated rings. The van der Waals surface area contributed by atoms with Crippen molar-refractivity contribution in [3.05, 3.63) is 35.9 Å². The summed E-state index contributed by atoms with van der Waals surface area (Å²) in [6.45, 7) is 2.07. The largest absolute Gasteiger partial charge is 0.478 e. The molecule has 2 rings (SSSR count). The summed E-state index contributed by atoms with van der Waals surface area (Å²) in [6, 6.07) is 8.66. The Labute approximate surface area is 111 Å². The number of rotatable bonds is 4. The van der Waals surface area contributed by atoms with E-state index in [-0.39, 0.29) is 5.56 Å². The standard InChI is InChI=1S/C14H16N2O3/c1-9(17)8-16(2)13-7-11(14(18)19)10-5-3-4-6-12(10)15-13/h3-7,9,17H,8H2,1-2H3,(H,18,19). The maximum Gasteiger partial charge on any atom is 0.336 e. The van der Waals surface area contributed by atoms with E-state index in [2.05, 4.69) is 4.98 Å². The van der Waals surface area contributed by atoms with Gasteiger partial charge in [-0.05, 0) is 19.1 Å². The molecule has 1 unspecified atom stereocenters. The number of hydrogen-bond donors (Lipinski definition) is 2. The van der Waals surface area contributed by atoms with Crippen molar-refractivity contribution in [2.45, 2.75) is 13.0 Å². The number of aliphatic hydroxyl groups is 1. The molecule has 1 aromatic heterocycles. The molecule has 1 aromatic carbocycles. The summed E-state index contributed by atoms with van der Waals surface area (Å²) in [6.07, 6.45) is -0.508. The van der Waals surface area contributed by atoms with Gasteiger partial charge in [-0.1, -0.05) is 18.2 Å². The van der Waals surface area contributed by atoms with Gasteiger partial charge in [0.15, 0.2) is 0 Å². The van der Waals surface area contributed by atoms with Crippen molar-refractivity contribution in [1.82, 2.24) is 4.98 Å². The van der Waals surface area contributed by atoms with Gasteiger partial charge in [0.1, 0.15) is 5.82 Å². The summed E-state index contributed by atoms with van der Waals surface area (Å²) in [7, 11) is 1.77. The fraction of sp³-hybridized carbons (Fsp3) is 0.286. The second-order valence-electron chi connectivity index (χ2n) is 4.58. The number of pyridine rings is 1. The number of carboxylic acid groups (broad SMARTS) is 1. The SMILES string of the molecule is CC(O)CN(C)c1cc(C(=O)O)c2ccccc2n1. The van der Waals surface area contributed by atoms with E-state index >= 15 is 0 Å². The van der Waals surface area contributed by atoms with Gasteiger partial charge in [-0.15, -0.1) is 0 Å². The lowest BCUT2D eigenvalue weighted by atomic mass is 10.1. The highest BCUT2D eigenvalue weighted by molar-refractivity contribution is 6.03. The summed E-state index contributed by atoms with van der Waals surface area (Å²) in [5.41, 5.74) is 0.855. The molecule has 1 heterocycles. The predicted octanol–water partition coefficient (Wildman–Crippen LogP) is 1.75. The van der Waals surface area contributed by atoms with Crippen LogP contribution < -0.4 is 4.90 Å². The van der Waals surface area contributed by atoms with Gasteiger partial charge in [-0.2, -0.15) is 0 Å². The Balaban J connectivity index is 2.55. The lowest BCUT2D eigenvalue weighted by Gasteiger charge is -2.20. The van der Waals surface area contributed by atoms with E-state index in [1.54, 1.807) is 37.1 Å². The van der Waals surface area contributed by atoms with Gasteiger partial charge in [-0.3, -0.25) is 0 Å². The number of carboxylic acids is 1. The van der Waals surface area contributed by atoms with Crippen LogP contribution in [0.1, 0.15) is 17.3 Å². The Morgan fingerprint density at radius 2 is 2.11 bits per heavy atom. The number of benzene rings is 1. The summed E-state index contributed by atoms with van der Waals surface area (Å²) in [4.78, 5) is 17.5. The average molecular weight is 260 g/mol. The van der Waals surface area contributed by atoms with Crippen molar-refractivity contribution in [3.8, 4) is 0 Å². The first-order chi connectivity index (χ1) is 8.99. The minimum absolute atomic E-state index is 0.220. The van der Waals surface area contributed by atoms with Crippen LogP contribution in [0, 0.1) is 0 Å². The van der Waals surface area contributed by atoms with Gasteiger partial charge >= 0.3 is 5.97 Å². The number of para-hydroxylation sites is 1. The van der Waals surface area contributed by atoms with Crippen molar-refractivity contribution < 1.29 is 15.0 Å². The molecule has 100 valence electrons. The molecule has 0 spiro atoms. The van der Waals surface area contributed by atoms with E-state index in [9.17, 15) is 15.0 Å². The van der Waals surface area contributed by atoms with Crippen molar-refractivity contribution >= 4 is 22.7 Å². The molecule has 0 aliphatic heterocycles. The van der Waals surface area contributed by atoms with E-state index < -0.39 is 12.1 Å². The average Bonchev–Trinajstić information content (AvgIpc) is 2.36.